The number of aryl methyl sites for hydroxylation is 4. The van der Waals surface area contributed by atoms with Gasteiger partial charge in [0.25, 0.3) is 0 Å². The molecule has 0 N–H and O–H groups in total. The van der Waals surface area contributed by atoms with Gasteiger partial charge in [0, 0.05) is 29.2 Å². The number of hydrogen-bond donors (Lipinski definition) is 0. The molecule has 5 aromatic rings. The van der Waals surface area contributed by atoms with Crippen molar-refractivity contribution in [2.24, 2.45) is 0 Å². The molecule has 0 amide bonds. The van der Waals surface area contributed by atoms with Crippen LogP contribution in [0, 0.1) is 13.8 Å². The van der Waals surface area contributed by atoms with Crippen LogP contribution in [0.25, 0.3) is 27.5 Å². The fraction of sp³-hybridized carbons (Fsp3) is 0.174. The largest absolute Gasteiger partial charge is 0.304 e. The Balaban J connectivity index is 1.51. The minimum Gasteiger partial charge on any atom is -0.304 e. The van der Waals surface area contributed by atoms with Crippen molar-refractivity contribution < 1.29 is 0 Å². The molecule has 0 saturated carbocycles. The summed E-state index contributed by atoms with van der Waals surface area (Å²) in [6, 6.07) is 16.7. The number of fused-ring (bicyclic) bond motifs is 4. The molecule has 4 aromatic heterocycles. The van der Waals surface area contributed by atoms with Crippen LogP contribution >= 0.6 is 0 Å². The molecule has 0 aliphatic carbocycles. The van der Waals surface area contributed by atoms with Crippen molar-refractivity contribution in [1.29, 1.82) is 0 Å². The predicted octanol–water partition coefficient (Wildman–Crippen LogP) is 4.83. The van der Waals surface area contributed by atoms with Crippen molar-refractivity contribution in [3.63, 3.8) is 0 Å². The molecule has 0 saturated heterocycles. The van der Waals surface area contributed by atoms with Gasteiger partial charge in [-0.25, -0.2) is 4.98 Å². The molecule has 4 nitrogen and oxygen atoms in total. The monoisotopic (exact) mass is 352 g/mol. The molecule has 0 fully saturated rings. The van der Waals surface area contributed by atoms with E-state index in [1.807, 2.05) is 12.3 Å². The van der Waals surface area contributed by atoms with Crippen LogP contribution in [0.3, 0.4) is 0 Å². The summed E-state index contributed by atoms with van der Waals surface area (Å²) in [5, 5.41) is 2.42. The molecular formula is C23H20N4. The Morgan fingerprint density at radius 3 is 2.70 bits per heavy atom. The summed E-state index contributed by atoms with van der Waals surface area (Å²) in [6.45, 7) is 4.23. The van der Waals surface area contributed by atoms with Gasteiger partial charge >= 0.3 is 0 Å². The normalized spacial score (nSPS) is 11.6. The second-order valence-corrected chi connectivity index (χ2v) is 7.04. The Morgan fingerprint density at radius 2 is 1.78 bits per heavy atom. The van der Waals surface area contributed by atoms with Crippen LogP contribution in [0.15, 0.2) is 60.9 Å². The third kappa shape index (κ3) is 2.65. The van der Waals surface area contributed by atoms with Gasteiger partial charge in [0.15, 0.2) is 0 Å². The van der Waals surface area contributed by atoms with Gasteiger partial charge in [-0.3, -0.25) is 9.97 Å². The summed E-state index contributed by atoms with van der Waals surface area (Å²) in [7, 11) is 0. The lowest BCUT2D eigenvalue weighted by Crippen LogP contribution is -1.98. The number of pyridine rings is 3. The molecule has 1 aromatic carbocycles. The molecule has 4 heteroatoms. The van der Waals surface area contributed by atoms with Crippen LogP contribution < -0.4 is 0 Å². The van der Waals surface area contributed by atoms with Crippen molar-refractivity contribution in [3.8, 4) is 0 Å². The third-order valence-electron chi connectivity index (χ3n) is 5.31. The number of aromatic nitrogens is 4. The van der Waals surface area contributed by atoms with E-state index in [9.17, 15) is 0 Å². The fourth-order valence-corrected chi connectivity index (χ4v) is 3.75. The van der Waals surface area contributed by atoms with E-state index >= 15 is 0 Å². The van der Waals surface area contributed by atoms with Crippen LogP contribution in [-0.2, 0) is 12.8 Å². The highest BCUT2D eigenvalue weighted by Gasteiger charge is 2.11. The molecule has 0 radical (unpaired) electrons. The smallest absolute Gasteiger partial charge is 0.145 e. The topological polar surface area (TPSA) is 43.1 Å². The first-order chi connectivity index (χ1) is 13.2. The highest BCUT2D eigenvalue weighted by Crippen LogP contribution is 2.23. The lowest BCUT2D eigenvalue weighted by Gasteiger charge is -2.04. The molecule has 4 heterocycles. The van der Waals surface area contributed by atoms with Crippen LogP contribution in [0.2, 0.25) is 0 Å². The van der Waals surface area contributed by atoms with Gasteiger partial charge in [-0.2, -0.15) is 0 Å². The number of imidazole rings is 1. The van der Waals surface area contributed by atoms with Gasteiger partial charge in [-0.15, -0.1) is 0 Å². The summed E-state index contributed by atoms with van der Waals surface area (Å²) >= 11 is 0. The summed E-state index contributed by atoms with van der Waals surface area (Å²) in [5.74, 6) is 0. The number of rotatable bonds is 3. The first-order valence-electron chi connectivity index (χ1n) is 9.27. The Bertz CT molecular complexity index is 1300. The second-order valence-electron chi connectivity index (χ2n) is 7.04. The van der Waals surface area contributed by atoms with Crippen LogP contribution in [0.4, 0.5) is 0 Å². The van der Waals surface area contributed by atoms with Crippen LogP contribution in [0.5, 0.6) is 0 Å². The van der Waals surface area contributed by atoms with Crippen molar-refractivity contribution in [1.82, 2.24) is 19.4 Å². The summed E-state index contributed by atoms with van der Waals surface area (Å²) in [6.07, 6.45) is 5.70. The molecular weight excluding hydrogens is 332 g/mol. The Hall–Kier alpha value is -3.27. The predicted molar refractivity (Wildman–Crippen MR) is 109 cm³/mol. The van der Waals surface area contributed by atoms with Gasteiger partial charge in [0.2, 0.25) is 0 Å². The molecule has 27 heavy (non-hydrogen) atoms. The zero-order chi connectivity index (χ0) is 18.4. The third-order valence-corrected chi connectivity index (χ3v) is 5.31. The minimum absolute atomic E-state index is 0.868. The summed E-state index contributed by atoms with van der Waals surface area (Å²) < 4.78 is 2.19. The van der Waals surface area contributed by atoms with Crippen molar-refractivity contribution in [2.75, 3.05) is 0 Å². The lowest BCUT2D eigenvalue weighted by atomic mass is 10.1. The molecule has 0 bridgehead atoms. The zero-order valence-corrected chi connectivity index (χ0v) is 15.5. The SMILES string of the molecule is Cc1ccnc2ccc(CCc3nc4c5ccccc5ccn4c3C)nc12. The summed E-state index contributed by atoms with van der Waals surface area (Å²) in [5.41, 5.74) is 7.57. The Morgan fingerprint density at radius 1 is 0.889 bits per heavy atom. The quantitative estimate of drug-likeness (QED) is 0.467. The summed E-state index contributed by atoms with van der Waals surface area (Å²) in [4.78, 5) is 14.2. The maximum atomic E-state index is 4.96. The lowest BCUT2D eigenvalue weighted by molar-refractivity contribution is 0.883. The molecule has 0 atom stereocenters. The highest BCUT2D eigenvalue weighted by atomic mass is 15.0. The highest BCUT2D eigenvalue weighted by molar-refractivity contribution is 5.94. The molecule has 0 aliphatic rings. The van der Waals surface area contributed by atoms with Crippen molar-refractivity contribution in [2.45, 2.75) is 26.7 Å². The van der Waals surface area contributed by atoms with Gasteiger partial charge in [-0.1, -0.05) is 24.3 Å². The van der Waals surface area contributed by atoms with Gasteiger partial charge in [0.1, 0.15) is 5.65 Å². The molecule has 132 valence electrons. The average molecular weight is 352 g/mol. The first-order valence-corrected chi connectivity index (χ1v) is 9.27. The minimum atomic E-state index is 0.868. The number of hydrogen-bond acceptors (Lipinski definition) is 3. The second kappa shape index (κ2) is 6.16. The van der Waals surface area contributed by atoms with E-state index in [2.05, 4.69) is 71.9 Å². The van der Waals surface area contributed by atoms with E-state index in [0.717, 1.165) is 46.5 Å². The van der Waals surface area contributed by atoms with Crippen LogP contribution in [-0.4, -0.2) is 19.4 Å². The van der Waals surface area contributed by atoms with E-state index in [1.54, 1.807) is 0 Å². The van der Waals surface area contributed by atoms with Gasteiger partial charge in [0.05, 0.1) is 16.7 Å². The Kier molecular flexibility index (Phi) is 3.64. The zero-order valence-electron chi connectivity index (χ0n) is 15.5. The van der Waals surface area contributed by atoms with Crippen molar-refractivity contribution >= 4 is 27.5 Å². The fourth-order valence-electron chi connectivity index (χ4n) is 3.75. The van der Waals surface area contributed by atoms with E-state index < -0.39 is 0 Å². The first kappa shape index (κ1) is 15.9. The molecule has 0 unspecified atom stereocenters. The van der Waals surface area contributed by atoms with Gasteiger partial charge in [-0.05, 0) is 61.9 Å². The number of benzene rings is 1. The molecule has 5 rings (SSSR count). The van der Waals surface area contributed by atoms with Crippen molar-refractivity contribution in [3.05, 3.63) is 83.6 Å². The van der Waals surface area contributed by atoms with Crippen LogP contribution in [0.1, 0.15) is 22.6 Å². The maximum absolute atomic E-state index is 4.96. The Labute approximate surface area is 157 Å². The maximum Gasteiger partial charge on any atom is 0.145 e. The number of nitrogens with zero attached hydrogens (tertiary/aromatic N) is 4. The van der Waals surface area contributed by atoms with E-state index in [0.29, 0.717) is 0 Å². The average Bonchev–Trinajstić information content (AvgIpc) is 3.03. The van der Waals surface area contributed by atoms with E-state index in [-0.39, 0.29) is 0 Å². The molecule has 0 aliphatic heterocycles. The van der Waals surface area contributed by atoms with E-state index in [4.69, 9.17) is 9.97 Å². The standard InChI is InChI=1S/C23H20N4/c1-15-11-13-24-21-10-8-18(25-22(15)21)7-9-20-16(2)27-14-12-17-5-3-4-6-19(17)23(27)26-20/h3-6,8,10-14H,7,9H2,1-2H3. The van der Waals surface area contributed by atoms with E-state index in [1.165, 1.54) is 16.5 Å². The van der Waals surface area contributed by atoms with Gasteiger partial charge < -0.3 is 4.40 Å². The molecule has 0 spiro atoms.